The Morgan fingerprint density at radius 1 is 0.861 bits per heavy atom. The van der Waals surface area contributed by atoms with Crippen molar-refractivity contribution in [2.75, 3.05) is 10.6 Å². The van der Waals surface area contributed by atoms with Crippen molar-refractivity contribution in [1.29, 1.82) is 0 Å². The van der Waals surface area contributed by atoms with Crippen LogP contribution < -0.4 is 15.4 Å². The Bertz CT molecular complexity index is 1520. The lowest BCUT2D eigenvalue weighted by Crippen LogP contribution is -2.21. The molecule has 0 unspecified atom stereocenters. The molecule has 0 atom stereocenters. The number of para-hydroxylation sites is 2. The first kappa shape index (κ1) is 23.0. The van der Waals surface area contributed by atoms with Crippen LogP contribution in [0.4, 0.5) is 17.3 Å². The molecule has 0 aliphatic carbocycles. The minimum Gasteiger partial charge on any atom is -0.457 e. The molecule has 0 aliphatic heterocycles. The summed E-state index contributed by atoms with van der Waals surface area (Å²) < 4.78 is 7.86. The number of hydrogen-bond donors (Lipinski definition) is 2. The van der Waals surface area contributed by atoms with E-state index in [1.807, 2.05) is 54.6 Å². The molecule has 9 heteroatoms. The zero-order chi connectivity index (χ0) is 24.9. The highest BCUT2D eigenvalue weighted by Crippen LogP contribution is 2.26. The highest BCUT2D eigenvalue weighted by Gasteiger charge is 2.12. The molecule has 2 N–H and O–H groups in total. The monoisotopic (exact) mass is 495 g/mol. The van der Waals surface area contributed by atoms with Crippen molar-refractivity contribution >= 4 is 45.7 Å². The Balaban J connectivity index is 1.27. The van der Waals surface area contributed by atoms with Gasteiger partial charge < -0.3 is 19.9 Å². The average Bonchev–Trinajstić information content (AvgIpc) is 3.22. The van der Waals surface area contributed by atoms with Crippen molar-refractivity contribution in [3.63, 3.8) is 0 Å². The van der Waals surface area contributed by atoms with Gasteiger partial charge in [-0.1, -0.05) is 42.5 Å². The average molecular weight is 496 g/mol. The first-order chi connectivity index (χ1) is 17.5. The lowest BCUT2D eigenvalue weighted by molar-refractivity contribution is -0.384. The molecule has 5 aromatic rings. The Hall–Kier alpha value is -4.76. The van der Waals surface area contributed by atoms with E-state index in [-0.39, 0.29) is 5.69 Å². The van der Waals surface area contributed by atoms with Gasteiger partial charge >= 0.3 is 0 Å². The van der Waals surface area contributed by atoms with Crippen LogP contribution in [0.2, 0.25) is 0 Å². The standard InChI is InChI=1S/C27H21N5O3S/c33-32(34)21-12-16-23(17-13-21)35-22-14-10-20(11-15-22)28-27(36)30-26-29-24-8-4-5-9-25(24)31(26)18-19-6-2-1-3-7-19/h1-17H,18H2,(H2,28,29,30,36). The summed E-state index contributed by atoms with van der Waals surface area (Å²) in [6.45, 7) is 0.654. The second-order valence-electron chi connectivity index (χ2n) is 7.95. The van der Waals surface area contributed by atoms with Crippen LogP contribution in [0.15, 0.2) is 103 Å². The van der Waals surface area contributed by atoms with E-state index in [9.17, 15) is 10.1 Å². The number of nitrogens with one attached hydrogen (secondary N) is 2. The smallest absolute Gasteiger partial charge is 0.269 e. The van der Waals surface area contributed by atoms with Crippen LogP contribution in [0.3, 0.4) is 0 Å². The summed E-state index contributed by atoms with van der Waals surface area (Å²) in [5.41, 5.74) is 3.84. The Morgan fingerprint density at radius 2 is 1.50 bits per heavy atom. The molecule has 4 aromatic carbocycles. The highest BCUT2D eigenvalue weighted by molar-refractivity contribution is 7.80. The van der Waals surface area contributed by atoms with Gasteiger partial charge in [-0.15, -0.1) is 0 Å². The Kier molecular flexibility index (Phi) is 6.55. The van der Waals surface area contributed by atoms with Crippen LogP contribution >= 0.6 is 12.2 Å². The number of non-ortho nitro benzene ring substituents is 1. The van der Waals surface area contributed by atoms with Gasteiger partial charge in [-0.05, 0) is 66.3 Å². The van der Waals surface area contributed by atoms with E-state index < -0.39 is 4.92 Å². The van der Waals surface area contributed by atoms with Crippen LogP contribution in [0, 0.1) is 10.1 Å². The highest BCUT2D eigenvalue weighted by atomic mass is 32.1. The molecule has 0 amide bonds. The number of aromatic nitrogens is 2. The largest absolute Gasteiger partial charge is 0.457 e. The molecular weight excluding hydrogens is 474 g/mol. The molecule has 0 spiro atoms. The van der Waals surface area contributed by atoms with E-state index in [1.54, 1.807) is 24.3 Å². The number of anilines is 2. The summed E-state index contributed by atoms with van der Waals surface area (Å²) >= 11 is 5.56. The number of ether oxygens (including phenoxy) is 1. The Morgan fingerprint density at radius 3 is 2.19 bits per heavy atom. The third-order valence-corrected chi connectivity index (χ3v) is 5.66. The number of hydrogen-bond acceptors (Lipinski definition) is 5. The fourth-order valence-electron chi connectivity index (χ4n) is 3.74. The molecule has 0 saturated carbocycles. The number of fused-ring (bicyclic) bond motifs is 1. The molecule has 0 radical (unpaired) electrons. The van der Waals surface area contributed by atoms with Gasteiger partial charge in [-0.2, -0.15) is 0 Å². The van der Waals surface area contributed by atoms with E-state index in [2.05, 4.69) is 27.3 Å². The van der Waals surface area contributed by atoms with Gasteiger partial charge in [0, 0.05) is 17.8 Å². The maximum atomic E-state index is 10.8. The Labute approximate surface area is 212 Å². The van der Waals surface area contributed by atoms with Crippen molar-refractivity contribution in [1.82, 2.24) is 9.55 Å². The van der Waals surface area contributed by atoms with Crippen molar-refractivity contribution in [2.24, 2.45) is 0 Å². The van der Waals surface area contributed by atoms with Gasteiger partial charge in [0.2, 0.25) is 5.95 Å². The maximum Gasteiger partial charge on any atom is 0.269 e. The topological polar surface area (TPSA) is 94.2 Å². The molecule has 0 bridgehead atoms. The number of nitrogens with zero attached hydrogens (tertiary/aromatic N) is 3. The van der Waals surface area contributed by atoms with Gasteiger partial charge in [-0.25, -0.2) is 4.98 Å². The quantitative estimate of drug-likeness (QED) is 0.149. The minimum atomic E-state index is -0.447. The van der Waals surface area contributed by atoms with Crippen molar-refractivity contribution in [3.05, 3.63) is 119 Å². The molecule has 36 heavy (non-hydrogen) atoms. The summed E-state index contributed by atoms with van der Waals surface area (Å²) in [5.74, 6) is 1.75. The first-order valence-electron chi connectivity index (χ1n) is 11.1. The van der Waals surface area contributed by atoms with Gasteiger partial charge in [0.15, 0.2) is 5.11 Å². The van der Waals surface area contributed by atoms with E-state index in [0.29, 0.717) is 29.1 Å². The van der Waals surface area contributed by atoms with Crippen molar-refractivity contribution in [2.45, 2.75) is 6.54 Å². The number of thiocarbonyl (C=S) groups is 1. The lowest BCUT2D eigenvalue weighted by Gasteiger charge is -2.13. The maximum absolute atomic E-state index is 10.8. The molecular formula is C27H21N5O3S. The second kappa shape index (κ2) is 10.2. The number of rotatable bonds is 7. The fourth-order valence-corrected chi connectivity index (χ4v) is 3.95. The van der Waals surface area contributed by atoms with Gasteiger partial charge in [0.1, 0.15) is 11.5 Å². The first-order valence-corrected chi connectivity index (χ1v) is 11.6. The number of benzene rings is 4. The van der Waals surface area contributed by atoms with Crippen LogP contribution in [-0.2, 0) is 6.54 Å². The zero-order valence-electron chi connectivity index (χ0n) is 19.0. The van der Waals surface area contributed by atoms with Crippen molar-refractivity contribution in [3.8, 4) is 11.5 Å². The fraction of sp³-hybridized carbons (Fsp3) is 0.0370. The molecule has 1 aromatic heterocycles. The van der Waals surface area contributed by atoms with Crippen LogP contribution in [0.5, 0.6) is 11.5 Å². The third-order valence-electron chi connectivity index (χ3n) is 5.46. The van der Waals surface area contributed by atoms with E-state index in [0.717, 1.165) is 22.3 Å². The van der Waals surface area contributed by atoms with Crippen LogP contribution in [-0.4, -0.2) is 19.6 Å². The molecule has 5 rings (SSSR count). The minimum absolute atomic E-state index is 0.0141. The summed E-state index contributed by atoms with van der Waals surface area (Å²) in [6, 6.07) is 31.3. The molecule has 8 nitrogen and oxygen atoms in total. The molecule has 0 aliphatic rings. The lowest BCUT2D eigenvalue weighted by atomic mass is 10.2. The van der Waals surface area contributed by atoms with Crippen LogP contribution in [0.25, 0.3) is 11.0 Å². The normalized spacial score (nSPS) is 10.7. The van der Waals surface area contributed by atoms with Gasteiger partial charge in [0.05, 0.1) is 22.5 Å². The van der Waals surface area contributed by atoms with Gasteiger partial charge in [-0.3, -0.25) is 10.1 Å². The number of nitro groups is 1. The third kappa shape index (κ3) is 5.31. The SMILES string of the molecule is O=[N+]([O-])c1ccc(Oc2ccc(NC(=S)Nc3nc4ccccc4n3Cc3ccccc3)cc2)cc1. The summed E-state index contributed by atoms with van der Waals surface area (Å²) in [4.78, 5) is 15.1. The predicted molar refractivity (Wildman–Crippen MR) is 145 cm³/mol. The zero-order valence-corrected chi connectivity index (χ0v) is 19.8. The van der Waals surface area contributed by atoms with Crippen LogP contribution in [0.1, 0.15) is 5.56 Å². The van der Waals surface area contributed by atoms with E-state index in [1.165, 1.54) is 12.1 Å². The predicted octanol–water partition coefficient (Wildman–Crippen LogP) is 6.59. The van der Waals surface area contributed by atoms with E-state index >= 15 is 0 Å². The number of imidazole rings is 1. The van der Waals surface area contributed by atoms with Crippen molar-refractivity contribution < 1.29 is 9.66 Å². The van der Waals surface area contributed by atoms with E-state index in [4.69, 9.17) is 21.9 Å². The second-order valence-corrected chi connectivity index (χ2v) is 8.36. The number of nitro benzene ring substituents is 1. The summed E-state index contributed by atoms with van der Waals surface area (Å²) in [6.07, 6.45) is 0. The van der Waals surface area contributed by atoms with Gasteiger partial charge in [0.25, 0.3) is 5.69 Å². The summed E-state index contributed by atoms with van der Waals surface area (Å²) in [7, 11) is 0. The molecule has 1 heterocycles. The molecule has 0 fully saturated rings. The molecule has 178 valence electrons. The molecule has 0 saturated heterocycles. The summed E-state index contributed by atoms with van der Waals surface area (Å²) in [5, 5.41) is 17.6.